The van der Waals surface area contributed by atoms with Crippen LogP contribution < -0.4 is 19.6 Å². The molecule has 0 saturated carbocycles. The Kier molecular flexibility index (Phi) is 8.03. The minimum atomic E-state index is -0.708. The van der Waals surface area contributed by atoms with Crippen LogP contribution in [-0.2, 0) is 4.79 Å². The molecule has 2 aromatic carbocycles. The number of methoxy groups -OCH3 is 1. The Morgan fingerprint density at radius 3 is 2.60 bits per heavy atom. The highest BCUT2D eigenvalue weighted by molar-refractivity contribution is 7.07. The summed E-state index contributed by atoms with van der Waals surface area (Å²) < 4.78 is 13.7. The molecule has 1 aliphatic rings. The van der Waals surface area contributed by atoms with E-state index in [2.05, 4.69) is 0 Å². The maximum Gasteiger partial charge on any atom is 0.271 e. The summed E-state index contributed by atoms with van der Waals surface area (Å²) >= 11 is 13.8. The first-order chi connectivity index (χ1) is 19.3. The lowest BCUT2D eigenvalue weighted by atomic mass is 9.94. The van der Waals surface area contributed by atoms with E-state index in [1.54, 1.807) is 46.9 Å². The molecule has 3 heterocycles. The molecule has 1 amide bonds. The molecule has 0 spiro atoms. The van der Waals surface area contributed by atoms with Crippen molar-refractivity contribution in [2.75, 3.05) is 20.2 Å². The smallest absolute Gasteiger partial charge is 0.271 e. The van der Waals surface area contributed by atoms with Crippen molar-refractivity contribution < 1.29 is 13.9 Å². The van der Waals surface area contributed by atoms with E-state index in [1.165, 1.54) is 11.3 Å². The molecular formula is C30H27Cl2N3O4S. The molecule has 0 radical (unpaired) electrons. The number of allylic oxidation sites excluding steroid dienone is 1. The number of likely N-dealkylation sites (N-methyl/N-ethyl adjacent to an activating group) is 1. The van der Waals surface area contributed by atoms with Crippen molar-refractivity contribution in [3.05, 3.63) is 107 Å². The molecule has 0 unspecified atom stereocenters. The van der Waals surface area contributed by atoms with Gasteiger partial charge in [-0.2, -0.15) is 0 Å². The number of furan rings is 1. The number of aromatic nitrogens is 1. The molecule has 1 aliphatic heterocycles. The lowest BCUT2D eigenvalue weighted by Gasteiger charge is -2.29. The molecule has 7 nitrogen and oxygen atoms in total. The zero-order chi connectivity index (χ0) is 28.6. The van der Waals surface area contributed by atoms with Gasteiger partial charge in [-0.05, 0) is 51.1 Å². The number of amides is 1. The largest absolute Gasteiger partial charge is 0.496 e. The Labute approximate surface area is 245 Å². The van der Waals surface area contributed by atoms with Crippen LogP contribution in [0.1, 0.15) is 38.1 Å². The van der Waals surface area contributed by atoms with E-state index in [-0.39, 0.29) is 11.5 Å². The van der Waals surface area contributed by atoms with Crippen LogP contribution in [-0.4, -0.2) is 35.6 Å². The number of thiazole rings is 1. The predicted molar refractivity (Wildman–Crippen MR) is 159 cm³/mol. The maximum atomic E-state index is 14.0. The van der Waals surface area contributed by atoms with E-state index in [1.807, 2.05) is 51.1 Å². The normalized spacial score (nSPS) is 15.2. The molecule has 0 aliphatic carbocycles. The number of fused-ring (bicyclic) bond motifs is 1. The van der Waals surface area contributed by atoms with Gasteiger partial charge in [0.05, 0.1) is 33.0 Å². The summed E-state index contributed by atoms with van der Waals surface area (Å²) in [4.78, 5) is 34.7. The molecule has 0 bridgehead atoms. The first kappa shape index (κ1) is 28.0. The average molecular weight is 597 g/mol. The zero-order valence-electron chi connectivity index (χ0n) is 22.4. The van der Waals surface area contributed by atoms with Gasteiger partial charge >= 0.3 is 0 Å². The highest BCUT2D eigenvalue weighted by Crippen LogP contribution is 2.36. The van der Waals surface area contributed by atoms with Gasteiger partial charge in [0.1, 0.15) is 23.3 Å². The van der Waals surface area contributed by atoms with Gasteiger partial charge < -0.3 is 14.1 Å². The van der Waals surface area contributed by atoms with Crippen LogP contribution in [0.25, 0.3) is 17.4 Å². The van der Waals surface area contributed by atoms with Crippen LogP contribution in [0.2, 0.25) is 10.0 Å². The number of rotatable bonds is 7. The van der Waals surface area contributed by atoms with E-state index in [9.17, 15) is 9.59 Å². The Morgan fingerprint density at radius 1 is 1.12 bits per heavy atom. The molecule has 1 atom stereocenters. The van der Waals surface area contributed by atoms with Gasteiger partial charge in [-0.1, -0.05) is 58.8 Å². The molecule has 2 aromatic heterocycles. The van der Waals surface area contributed by atoms with Gasteiger partial charge in [0.25, 0.3) is 11.5 Å². The van der Waals surface area contributed by atoms with Crippen LogP contribution in [0.4, 0.5) is 0 Å². The monoisotopic (exact) mass is 595 g/mol. The van der Waals surface area contributed by atoms with Crippen LogP contribution in [0.15, 0.2) is 80.1 Å². The topological polar surface area (TPSA) is 77.0 Å². The minimum Gasteiger partial charge on any atom is -0.496 e. The fraction of sp³-hybridized carbons (Fsp3) is 0.233. The van der Waals surface area contributed by atoms with Crippen molar-refractivity contribution in [2.45, 2.75) is 26.8 Å². The highest BCUT2D eigenvalue weighted by atomic mass is 35.5. The van der Waals surface area contributed by atoms with Crippen LogP contribution in [0.3, 0.4) is 0 Å². The standard InChI is InChI=1S/C30H27Cl2N3O4S/c1-5-34(6-2)29(37)25-17(3)33-30-35(27(25)20-10-7-8-13-22(20)38-4)28(36)24(40-30)16-18-14-15-23(39-18)19-11-9-12-21(31)26(19)32/h7-16,27H,5-6H2,1-4H3/b24-16+/t27-/m1/s1. The first-order valence-corrected chi connectivity index (χ1v) is 14.3. The van der Waals surface area contributed by atoms with Crippen molar-refractivity contribution in [2.24, 2.45) is 4.99 Å². The lowest BCUT2D eigenvalue weighted by molar-refractivity contribution is -0.127. The number of halogens is 2. The number of ether oxygens (including phenoxy) is 1. The predicted octanol–water partition coefficient (Wildman–Crippen LogP) is 5.68. The summed E-state index contributed by atoms with van der Waals surface area (Å²) in [5.41, 5.74) is 2.09. The van der Waals surface area contributed by atoms with Crippen LogP contribution >= 0.6 is 34.5 Å². The zero-order valence-corrected chi connectivity index (χ0v) is 24.7. The van der Waals surface area contributed by atoms with Gasteiger partial charge in [0.2, 0.25) is 0 Å². The lowest BCUT2D eigenvalue weighted by Crippen LogP contribution is -2.43. The fourth-order valence-electron chi connectivity index (χ4n) is 4.86. The number of para-hydroxylation sites is 1. The van der Waals surface area contributed by atoms with Gasteiger partial charge in [-0.3, -0.25) is 14.2 Å². The number of carbonyl (C=O) groups is 1. The summed E-state index contributed by atoms with van der Waals surface area (Å²) in [6.07, 6.45) is 1.68. The van der Waals surface area contributed by atoms with Crippen LogP contribution in [0.5, 0.6) is 5.75 Å². The van der Waals surface area contributed by atoms with Crippen molar-refractivity contribution in [3.63, 3.8) is 0 Å². The second-order valence-corrected chi connectivity index (χ2v) is 10.9. The van der Waals surface area contributed by atoms with Crippen molar-refractivity contribution in [3.8, 4) is 17.1 Å². The van der Waals surface area contributed by atoms with Crippen LogP contribution in [0, 0.1) is 0 Å². The van der Waals surface area contributed by atoms with Gasteiger partial charge in [-0.25, -0.2) is 4.99 Å². The van der Waals surface area contributed by atoms with Gasteiger partial charge in [-0.15, -0.1) is 0 Å². The second kappa shape index (κ2) is 11.5. The SMILES string of the molecule is CCN(CC)C(=O)C1=C(C)N=c2s/c(=C/c3ccc(-c4cccc(Cl)c4Cl)o3)c(=O)n2[C@@H]1c1ccccc1OC. The number of benzene rings is 2. The molecule has 0 saturated heterocycles. The summed E-state index contributed by atoms with van der Waals surface area (Å²) in [5.74, 6) is 1.42. The maximum absolute atomic E-state index is 14.0. The van der Waals surface area contributed by atoms with E-state index in [0.29, 0.717) is 72.1 Å². The molecule has 5 rings (SSSR count). The first-order valence-electron chi connectivity index (χ1n) is 12.8. The third kappa shape index (κ3) is 4.91. The molecule has 0 fully saturated rings. The second-order valence-electron chi connectivity index (χ2n) is 9.10. The summed E-state index contributed by atoms with van der Waals surface area (Å²) in [6, 6.07) is 15.6. The fourth-order valence-corrected chi connectivity index (χ4v) is 6.28. The van der Waals surface area contributed by atoms with Crippen molar-refractivity contribution in [1.29, 1.82) is 0 Å². The number of hydrogen-bond donors (Lipinski definition) is 0. The molecular weight excluding hydrogens is 569 g/mol. The van der Waals surface area contributed by atoms with Crippen molar-refractivity contribution in [1.82, 2.24) is 9.47 Å². The Hall–Kier alpha value is -3.59. The van der Waals surface area contributed by atoms with E-state index < -0.39 is 6.04 Å². The third-order valence-corrected chi connectivity index (χ3v) is 8.66. The van der Waals surface area contributed by atoms with Gasteiger partial charge in [0, 0.05) is 30.3 Å². The molecule has 0 N–H and O–H groups in total. The molecule has 40 heavy (non-hydrogen) atoms. The quantitative estimate of drug-likeness (QED) is 0.275. The number of nitrogens with zero attached hydrogens (tertiary/aromatic N) is 3. The Morgan fingerprint density at radius 2 is 1.88 bits per heavy atom. The Balaban J connectivity index is 1.68. The van der Waals surface area contributed by atoms with Crippen molar-refractivity contribution >= 4 is 46.5 Å². The third-order valence-electron chi connectivity index (χ3n) is 6.85. The Bertz CT molecular complexity index is 1810. The number of carbonyl (C=O) groups excluding carboxylic acids is 1. The van der Waals surface area contributed by atoms with E-state index in [0.717, 1.165) is 0 Å². The molecule has 10 heteroatoms. The highest BCUT2D eigenvalue weighted by Gasteiger charge is 2.35. The summed E-state index contributed by atoms with van der Waals surface area (Å²) in [6.45, 7) is 6.74. The number of hydrogen-bond acceptors (Lipinski definition) is 6. The summed E-state index contributed by atoms with van der Waals surface area (Å²) in [7, 11) is 1.58. The summed E-state index contributed by atoms with van der Waals surface area (Å²) in [5, 5.41) is 0.814. The van der Waals surface area contributed by atoms with Gasteiger partial charge in [0.15, 0.2) is 4.80 Å². The van der Waals surface area contributed by atoms with E-state index in [4.69, 9.17) is 37.3 Å². The average Bonchev–Trinajstić information content (AvgIpc) is 3.54. The minimum absolute atomic E-state index is 0.162. The van der Waals surface area contributed by atoms with E-state index >= 15 is 0 Å². The molecule has 4 aromatic rings. The molecule has 206 valence electrons.